The lowest BCUT2D eigenvalue weighted by Crippen LogP contribution is -2.50. The monoisotopic (exact) mass is 446 g/mol. The lowest BCUT2D eigenvalue weighted by Gasteiger charge is -2.34. The standard InChI is InChI=1S/C21H26N4O5S/c1-17-2-8-20(9-3-17)31(29,30)24-14-12-23(13-15-24)11-10-22-21(26)16-18-4-6-19(7-5-18)25(27)28/h2-9H,10-16H2,1H3,(H,22,26). The number of sulfonamides is 1. The molecule has 0 radical (unpaired) electrons. The Kier molecular flexibility index (Phi) is 7.37. The Morgan fingerprint density at radius 2 is 1.65 bits per heavy atom. The van der Waals surface area contributed by atoms with Gasteiger partial charge in [-0.25, -0.2) is 8.42 Å². The molecule has 166 valence electrons. The summed E-state index contributed by atoms with van der Waals surface area (Å²) in [5, 5.41) is 13.5. The van der Waals surface area contributed by atoms with Crippen molar-refractivity contribution in [3.8, 4) is 0 Å². The van der Waals surface area contributed by atoms with Crippen LogP contribution in [0.2, 0.25) is 0 Å². The maximum Gasteiger partial charge on any atom is 0.269 e. The quantitative estimate of drug-likeness (QED) is 0.486. The summed E-state index contributed by atoms with van der Waals surface area (Å²) in [4.78, 5) is 24.7. The minimum atomic E-state index is -3.48. The number of hydrogen-bond donors (Lipinski definition) is 1. The Morgan fingerprint density at radius 3 is 2.23 bits per heavy atom. The molecule has 9 nitrogen and oxygen atoms in total. The van der Waals surface area contributed by atoms with Crippen molar-refractivity contribution in [2.45, 2.75) is 18.2 Å². The average molecular weight is 447 g/mol. The van der Waals surface area contributed by atoms with Crippen molar-refractivity contribution in [1.82, 2.24) is 14.5 Å². The van der Waals surface area contributed by atoms with E-state index in [4.69, 9.17) is 0 Å². The number of piperazine rings is 1. The molecule has 0 unspecified atom stereocenters. The van der Waals surface area contributed by atoms with Gasteiger partial charge in [0.25, 0.3) is 5.69 Å². The van der Waals surface area contributed by atoms with E-state index in [2.05, 4.69) is 10.2 Å². The molecule has 1 aliphatic heterocycles. The molecule has 1 saturated heterocycles. The lowest BCUT2D eigenvalue weighted by atomic mass is 10.1. The van der Waals surface area contributed by atoms with Gasteiger partial charge in [0.15, 0.2) is 0 Å². The maximum absolute atomic E-state index is 12.8. The fourth-order valence-electron chi connectivity index (χ4n) is 3.39. The van der Waals surface area contributed by atoms with Crippen LogP contribution < -0.4 is 5.32 Å². The molecule has 0 bridgehead atoms. The van der Waals surface area contributed by atoms with Gasteiger partial charge in [-0.05, 0) is 24.6 Å². The highest BCUT2D eigenvalue weighted by molar-refractivity contribution is 7.89. The molecule has 1 fully saturated rings. The smallest absolute Gasteiger partial charge is 0.269 e. The van der Waals surface area contributed by atoms with Crippen LogP contribution in [0.5, 0.6) is 0 Å². The van der Waals surface area contributed by atoms with Gasteiger partial charge in [0.05, 0.1) is 16.2 Å². The van der Waals surface area contributed by atoms with Crippen molar-refractivity contribution in [3.05, 3.63) is 69.8 Å². The van der Waals surface area contributed by atoms with E-state index < -0.39 is 14.9 Å². The van der Waals surface area contributed by atoms with Gasteiger partial charge in [-0.2, -0.15) is 4.31 Å². The summed E-state index contributed by atoms with van der Waals surface area (Å²) in [5.74, 6) is -0.158. The third-order valence-electron chi connectivity index (χ3n) is 5.25. The van der Waals surface area contributed by atoms with Crippen LogP contribution in [-0.2, 0) is 21.2 Å². The van der Waals surface area contributed by atoms with Crippen molar-refractivity contribution < 1.29 is 18.1 Å². The van der Waals surface area contributed by atoms with E-state index in [0.717, 1.165) is 5.56 Å². The van der Waals surface area contributed by atoms with Crippen LogP contribution in [-0.4, -0.2) is 67.7 Å². The van der Waals surface area contributed by atoms with Gasteiger partial charge in [-0.3, -0.25) is 19.8 Å². The molecule has 31 heavy (non-hydrogen) atoms. The summed E-state index contributed by atoms with van der Waals surface area (Å²) in [6.07, 6.45) is 0.153. The number of amides is 1. The number of nitrogens with zero attached hydrogens (tertiary/aromatic N) is 3. The van der Waals surface area contributed by atoms with Crippen molar-refractivity contribution in [1.29, 1.82) is 0 Å². The first kappa shape index (κ1) is 22.9. The first-order chi connectivity index (χ1) is 14.8. The zero-order valence-electron chi connectivity index (χ0n) is 17.4. The molecule has 1 aliphatic rings. The van der Waals surface area contributed by atoms with Gasteiger partial charge in [-0.15, -0.1) is 0 Å². The number of aryl methyl sites for hydroxylation is 1. The molecule has 0 aromatic heterocycles. The molecular weight excluding hydrogens is 420 g/mol. The Labute approximate surface area is 181 Å². The number of carbonyl (C=O) groups is 1. The Balaban J connectivity index is 1.40. The fourth-order valence-corrected chi connectivity index (χ4v) is 4.81. The number of nitrogens with one attached hydrogen (secondary N) is 1. The van der Waals surface area contributed by atoms with Crippen LogP contribution >= 0.6 is 0 Å². The lowest BCUT2D eigenvalue weighted by molar-refractivity contribution is -0.384. The van der Waals surface area contributed by atoms with E-state index in [9.17, 15) is 23.3 Å². The van der Waals surface area contributed by atoms with Gasteiger partial charge in [0.2, 0.25) is 15.9 Å². The summed E-state index contributed by atoms with van der Waals surface area (Å²) >= 11 is 0. The highest BCUT2D eigenvalue weighted by Crippen LogP contribution is 2.18. The normalized spacial score (nSPS) is 15.5. The summed E-state index contributed by atoms with van der Waals surface area (Å²) < 4.78 is 27.0. The number of nitro groups is 1. The molecule has 0 saturated carbocycles. The Bertz CT molecular complexity index is 1010. The molecule has 0 aliphatic carbocycles. The Morgan fingerprint density at radius 1 is 1.03 bits per heavy atom. The van der Waals surface area contributed by atoms with Gasteiger partial charge in [-0.1, -0.05) is 29.8 Å². The molecular formula is C21H26N4O5S. The molecule has 1 N–H and O–H groups in total. The first-order valence-corrected chi connectivity index (χ1v) is 11.5. The van der Waals surface area contributed by atoms with Crippen LogP contribution in [0.4, 0.5) is 5.69 Å². The second-order valence-electron chi connectivity index (χ2n) is 7.51. The number of hydrogen-bond acceptors (Lipinski definition) is 6. The zero-order chi connectivity index (χ0) is 22.4. The molecule has 2 aromatic carbocycles. The molecule has 1 heterocycles. The van der Waals surface area contributed by atoms with E-state index in [-0.39, 0.29) is 18.0 Å². The van der Waals surface area contributed by atoms with Crippen molar-refractivity contribution in [2.75, 3.05) is 39.3 Å². The van der Waals surface area contributed by atoms with Crippen molar-refractivity contribution >= 4 is 21.6 Å². The van der Waals surface area contributed by atoms with E-state index in [1.54, 1.807) is 36.4 Å². The van der Waals surface area contributed by atoms with Crippen LogP contribution in [0, 0.1) is 17.0 Å². The number of nitro benzene ring substituents is 1. The first-order valence-electron chi connectivity index (χ1n) is 10.0. The van der Waals surface area contributed by atoms with E-state index >= 15 is 0 Å². The predicted molar refractivity (Wildman–Crippen MR) is 116 cm³/mol. The molecule has 3 rings (SSSR count). The molecule has 0 spiro atoms. The molecule has 10 heteroatoms. The van der Waals surface area contributed by atoms with Gasteiger partial charge < -0.3 is 5.32 Å². The van der Waals surface area contributed by atoms with E-state index in [1.807, 2.05) is 6.92 Å². The van der Waals surface area contributed by atoms with Crippen molar-refractivity contribution in [2.24, 2.45) is 0 Å². The van der Waals surface area contributed by atoms with Crippen LogP contribution in [0.25, 0.3) is 0 Å². The van der Waals surface area contributed by atoms with Gasteiger partial charge in [0.1, 0.15) is 0 Å². The summed E-state index contributed by atoms with van der Waals surface area (Å²) in [6, 6.07) is 12.8. The predicted octanol–water partition coefficient (Wildman–Crippen LogP) is 1.57. The van der Waals surface area contributed by atoms with Crippen molar-refractivity contribution in [3.63, 3.8) is 0 Å². The van der Waals surface area contributed by atoms with Gasteiger partial charge >= 0.3 is 0 Å². The number of non-ortho nitro benzene ring substituents is 1. The number of carbonyl (C=O) groups excluding carboxylic acids is 1. The third-order valence-corrected chi connectivity index (χ3v) is 7.16. The topological polar surface area (TPSA) is 113 Å². The maximum atomic E-state index is 12.8. The highest BCUT2D eigenvalue weighted by atomic mass is 32.2. The largest absolute Gasteiger partial charge is 0.355 e. The van der Waals surface area contributed by atoms with E-state index in [1.165, 1.54) is 16.4 Å². The average Bonchev–Trinajstić information content (AvgIpc) is 2.75. The van der Waals surface area contributed by atoms with E-state index in [0.29, 0.717) is 49.7 Å². The van der Waals surface area contributed by atoms with Crippen LogP contribution in [0.1, 0.15) is 11.1 Å². The Hall–Kier alpha value is -2.82. The second kappa shape index (κ2) is 9.99. The summed E-state index contributed by atoms with van der Waals surface area (Å²) in [5.41, 5.74) is 1.71. The van der Waals surface area contributed by atoms with Gasteiger partial charge in [0, 0.05) is 51.4 Å². The van der Waals surface area contributed by atoms with Crippen LogP contribution in [0.15, 0.2) is 53.4 Å². The minimum Gasteiger partial charge on any atom is -0.355 e. The van der Waals surface area contributed by atoms with Crippen LogP contribution in [0.3, 0.4) is 0 Å². The summed E-state index contributed by atoms with van der Waals surface area (Å²) in [7, 11) is -3.48. The third kappa shape index (κ3) is 6.09. The zero-order valence-corrected chi connectivity index (χ0v) is 18.2. The number of rotatable bonds is 8. The highest BCUT2D eigenvalue weighted by Gasteiger charge is 2.28. The second-order valence-corrected chi connectivity index (χ2v) is 9.45. The molecule has 1 amide bonds. The number of benzene rings is 2. The summed E-state index contributed by atoms with van der Waals surface area (Å²) in [6.45, 7) is 5.02. The molecule has 2 aromatic rings. The minimum absolute atomic E-state index is 0.00677. The molecule has 0 atom stereocenters. The SMILES string of the molecule is Cc1ccc(S(=O)(=O)N2CCN(CCNC(=O)Cc3ccc([N+](=O)[O-])cc3)CC2)cc1. The fraction of sp³-hybridized carbons (Fsp3) is 0.381.